The zero-order valence-electron chi connectivity index (χ0n) is 20.2. The Morgan fingerprint density at radius 3 is 2.41 bits per heavy atom. The van der Waals surface area contributed by atoms with Gasteiger partial charge in [-0.3, -0.25) is 14.9 Å². The maximum absolute atomic E-state index is 13.1. The molecule has 0 aromatic heterocycles. The summed E-state index contributed by atoms with van der Waals surface area (Å²) in [6, 6.07) is 5.48. The van der Waals surface area contributed by atoms with E-state index in [2.05, 4.69) is 15.5 Å². The molecule has 0 spiro atoms. The predicted molar refractivity (Wildman–Crippen MR) is 131 cm³/mol. The number of ether oxygens (including phenoxy) is 1. The second-order valence-corrected chi connectivity index (χ2v) is 9.39. The van der Waals surface area contributed by atoms with Crippen molar-refractivity contribution in [1.82, 2.24) is 15.1 Å². The predicted octanol–water partition coefficient (Wildman–Crippen LogP) is 2.53. The van der Waals surface area contributed by atoms with Crippen molar-refractivity contribution >= 4 is 29.3 Å². The molecular weight excluding hydrogens is 434 g/mol. The van der Waals surface area contributed by atoms with Crippen molar-refractivity contribution in [2.75, 3.05) is 69.7 Å². The van der Waals surface area contributed by atoms with E-state index in [9.17, 15) is 14.4 Å². The van der Waals surface area contributed by atoms with Gasteiger partial charge in [0.1, 0.15) is 0 Å². The van der Waals surface area contributed by atoms with Gasteiger partial charge in [-0.15, -0.1) is 0 Å². The third-order valence-electron chi connectivity index (χ3n) is 7.17. The number of amides is 3. The normalized spacial score (nSPS) is 20.0. The molecule has 3 amide bonds. The summed E-state index contributed by atoms with van der Waals surface area (Å²) in [5.74, 6) is 0.430. The van der Waals surface area contributed by atoms with Gasteiger partial charge in [0.2, 0.25) is 5.91 Å². The van der Waals surface area contributed by atoms with Gasteiger partial charge in [0.25, 0.3) is 5.91 Å². The Labute approximate surface area is 201 Å². The van der Waals surface area contributed by atoms with Gasteiger partial charge < -0.3 is 24.8 Å². The summed E-state index contributed by atoms with van der Waals surface area (Å²) in [6.07, 6.45) is 5.84. The molecule has 3 fully saturated rings. The third kappa shape index (κ3) is 5.81. The number of nitrogens with one attached hydrogen (secondary N) is 2. The van der Waals surface area contributed by atoms with E-state index >= 15 is 0 Å². The number of rotatable bonds is 4. The topological polar surface area (TPSA) is 94.2 Å². The van der Waals surface area contributed by atoms with Gasteiger partial charge in [-0.1, -0.05) is 19.3 Å². The molecule has 2 saturated heterocycles. The smallest absolute Gasteiger partial charge is 0.411 e. The van der Waals surface area contributed by atoms with Crippen molar-refractivity contribution in [3.63, 3.8) is 0 Å². The number of hydrogen-bond donors (Lipinski definition) is 2. The average molecular weight is 472 g/mol. The summed E-state index contributed by atoms with van der Waals surface area (Å²) in [5, 5.41) is 6.05. The molecule has 1 saturated carbocycles. The summed E-state index contributed by atoms with van der Waals surface area (Å²) in [7, 11) is 1.32. The highest BCUT2D eigenvalue weighted by Gasteiger charge is 2.28. The minimum absolute atomic E-state index is 0.0407. The van der Waals surface area contributed by atoms with E-state index < -0.39 is 6.09 Å². The lowest BCUT2D eigenvalue weighted by Crippen LogP contribution is -2.46. The van der Waals surface area contributed by atoms with Gasteiger partial charge in [-0.25, -0.2) is 4.79 Å². The van der Waals surface area contributed by atoms with Crippen LogP contribution in [0.5, 0.6) is 0 Å². The summed E-state index contributed by atoms with van der Waals surface area (Å²) in [6.45, 7) is 5.75. The van der Waals surface area contributed by atoms with Gasteiger partial charge in [-0.05, 0) is 37.5 Å². The molecule has 1 aliphatic carbocycles. The number of anilines is 2. The number of benzene rings is 1. The van der Waals surface area contributed by atoms with Crippen molar-refractivity contribution in [3.8, 4) is 0 Å². The van der Waals surface area contributed by atoms with Crippen LogP contribution in [-0.2, 0) is 9.53 Å². The molecule has 3 aliphatic rings. The molecule has 2 heterocycles. The molecule has 0 radical (unpaired) electrons. The first-order chi connectivity index (χ1) is 16.6. The first-order valence-corrected chi connectivity index (χ1v) is 12.6. The van der Waals surface area contributed by atoms with Crippen molar-refractivity contribution < 1.29 is 19.1 Å². The molecule has 1 aromatic rings. The second kappa shape index (κ2) is 11.6. The summed E-state index contributed by atoms with van der Waals surface area (Å²) in [4.78, 5) is 44.2. The maximum Gasteiger partial charge on any atom is 0.411 e. The van der Waals surface area contributed by atoms with Gasteiger partial charge in [0.15, 0.2) is 0 Å². The van der Waals surface area contributed by atoms with E-state index in [4.69, 9.17) is 4.74 Å². The van der Waals surface area contributed by atoms with Crippen LogP contribution in [-0.4, -0.2) is 87.2 Å². The van der Waals surface area contributed by atoms with E-state index in [0.29, 0.717) is 43.3 Å². The lowest BCUT2D eigenvalue weighted by atomic mass is 9.88. The molecule has 9 heteroatoms. The lowest BCUT2D eigenvalue weighted by molar-refractivity contribution is -0.136. The summed E-state index contributed by atoms with van der Waals surface area (Å²) in [5.41, 5.74) is 1.94. The molecule has 1 aromatic carbocycles. The standard InChI is InChI=1S/C25H37N5O4/c1-34-25(33)27-21-18-20(24(32)30-14-10-26-11-15-30)8-9-22(21)28-12-5-13-29(17-16-28)23(31)19-6-3-2-4-7-19/h8-9,18-19,26H,2-7,10-17H2,1H3,(H,27,33). The zero-order chi connectivity index (χ0) is 23.9. The molecule has 34 heavy (non-hydrogen) atoms. The molecule has 0 atom stereocenters. The molecule has 2 aliphatic heterocycles. The van der Waals surface area contributed by atoms with E-state index in [0.717, 1.165) is 64.0 Å². The highest BCUT2D eigenvalue weighted by Crippen LogP contribution is 2.30. The quantitative estimate of drug-likeness (QED) is 0.701. The van der Waals surface area contributed by atoms with Crippen LogP contribution >= 0.6 is 0 Å². The number of hydrogen-bond acceptors (Lipinski definition) is 6. The van der Waals surface area contributed by atoms with Crippen molar-refractivity contribution in [2.45, 2.75) is 38.5 Å². The largest absolute Gasteiger partial charge is 0.453 e. The Bertz CT molecular complexity index is 880. The van der Waals surface area contributed by atoms with Gasteiger partial charge in [0.05, 0.1) is 18.5 Å². The SMILES string of the molecule is COC(=O)Nc1cc(C(=O)N2CCNCC2)ccc1N1CCCN(C(=O)C2CCCCC2)CC1. The first kappa shape index (κ1) is 24.3. The van der Waals surface area contributed by atoms with E-state index in [1.54, 1.807) is 6.07 Å². The van der Waals surface area contributed by atoms with Crippen LogP contribution in [0.2, 0.25) is 0 Å². The van der Waals surface area contributed by atoms with Gasteiger partial charge in [-0.2, -0.15) is 0 Å². The van der Waals surface area contributed by atoms with E-state index in [-0.39, 0.29) is 11.8 Å². The number of nitrogens with zero attached hydrogens (tertiary/aromatic N) is 3. The highest BCUT2D eigenvalue weighted by molar-refractivity contribution is 5.98. The molecular formula is C25H37N5O4. The monoisotopic (exact) mass is 471 g/mol. The van der Waals surface area contributed by atoms with Gasteiger partial charge in [0, 0.05) is 63.8 Å². The van der Waals surface area contributed by atoms with Crippen LogP contribution in [0.4, 0.5) is 16.2 Å². The van der Waals surface area contributed by atoms with Crippen LogP contribution < -0.4 is 15.5 Å². The van der Waals surface area contributed by atoms with Crippen LogP contribution in [0, 0.1) is 5.92 Å². The third-order valence-corrected chi connectivity index (χ3v) is 7.17. The molecule has 0 unspecified atom stereocenters. The van der Waals surface area contributed by atoms with Crippen LogP contribution in [0.3, 0.4) is 0 Å². The minimum atomic E-state index is -0.572. The van der Waals surface area contributed by atoms with Gasteiger partial charge >= 0.3 is 6.09 Å². The number of piperazine rings is 1. The van der Waals surface area contributed by atoms with Crippen molar-refractivity contribution in [3.05, 3.63) is 23.8 Å². The molecule has 9 nitrogen and oxygen atoms in total. The molecule has 2 N–H and O–H groups in total. The van der Waals surface area contributed by atoms with Crippen LogP contribution in [0.25, 0.3) is 0 Å². The Morgan fingerprint density at radius 1 is 0.912 bits per heavy atom. The average Bonchev–Trinajstić information content (AvgIpc) is 3.15. The van der Waals surface area contributed by atoms with Crippen LogP contribution in [0.1, 0.15) is 48.9 Å². The summed E-state index contributed by atoms with van der Waals surface area (Å²) >= 11 is 0. The summed E-state index contributed by atoms with van der Waals surface area (Å²) < 4.78 is 4.83. The van der Waals surface area contributed by atoms with E-state index in [1.165, 1.54) is 13.5 Å². The number of carbonyl (C=O) groups is 3. The number of carbonyl (C=O) groups excluding carboxylic acids is 3. The fraction of sp³-hybridized carbons (Fsp3) is 0.640. The molecule has 4 rings (SSSR count). The highest BCUT2D eigenvalue weighted by atomic mass is 16.5. The molecule has 0 bridgehead atoms. The van der Waals surface area contributed by atoms with Crippen molar-refractivity contribution in [1.29, 1.82) is 0 Å². The van der Waals surface area contributed by atoms with Crippen molar-refractivity contribution in [2.24, 2.45) is 5.92 Å². The Hall–Kier alpha value is -2.81. The van der Waals surface area contributed by atoms with E-state index in [1.807, 2.05) is 21.9 Å². The fourth-order valence-corrected chi connectivity index (χ4v) is 5.24. The second-order valence-electron chi connectivity index (χ2n) is 9.39. The Morgan fingerprint density at radius 2 is 1.68 bits per heavy atom. The molecule has 186 valence electrons. The Balaban J connectivity index is 1.49. The minimum Gasteiger partial charge on any atom is -0.453 e. The van der Waals surface area contributed by atoms with Crippen LogP contribution in [0.15, 0.2) is 18.2 Å². The number of methoxy groups -OCH3 is 1. The maximum atomic E-state index is 13.1. The Kier molecular flexibility index (Phi) is 8.26. The first-order valence-electron chi connectivity index (χ1n) is 12.6. The fourth-order valence-electron chi connectivity index (χ4n) is 5.24. The zero-order valence-corrected chi connectivity index (χ0v) is 20.2. The lowest BCUT2D eigenvalue weighted by Gasteiger charge is -2.30.